The van der Waals surface area contributed by atoms with E-state index >= 15 is 0 Å². The van der Waals surface area contributed by atoms with Gasteiger partial charge >= 0.3 is 0 Å². The molecule has 4 rings (SSSR count). The molecule has 4 aromatic rings. The van der Waals surface area contributed by atoms with Crippen LogP contribution in [0, 0.1) is 0 Å². The van der Waals surface area contributed by atoms with E-state index in [4.69, 9.17) is 9.47 Å². The van der Waals surface area contributed by atoms with Gasteiger partial charge in [-0.1, -0.05) is 12.1 Å². The van der Waals surface area contributed by atoms with E-state index in [1.807, 2.05) is 42.6 Å². The van der Waals surface area contributed by atoms with Crippen LogP contribution in [0.3, 0.4) is 0 Å². The van der Waals surface area contributed by atoms with Crippen LogP contribution in [-0.2, 0) is 0 Å². The summed E-state index contributed by atoms with van der Waals surface area (Å²) in [5, 5.41) is 4.91. The van der Waals surface area contributed by atoms with E-state index in [0.29, 0.717) is 16.7 Å². The highest BCUT2D eigenvalue weighted by molar-refractivity contribution is 7.18. The molecule has 0 radical (unpaired) electrons. The Kier molecular flexibility index (Phi) is 3.39. The molecule has 0 amide bonds. The van der Waals surface area contributed by atoms with Crippen molar-refractivity contribution in [3.05, 3.63) is 55.0 Å². The molecule has 6 nitrogen and oxygen atoms in total. The summed E-state index contributed by atoms with van der Waals surface area (Å²) in [6, 6.07) is 11.3. The Morgan fingerprint density at radius 1 is 1.09 bits per heavy atom. The van der Waals surface area contributed by atoms with Gasteiger partial charge in [-0.3, -0.25) is 4.98 Å². The third kappa shape index (κ3) is 2.62. The molecular weight excluding hydrogens is 312 g/mol. The fourth-order valence-electron chi connectivity index (χ4n) is 2.17. The SMILES string of the molecule is COc1ccccc1Oc1nn2cc(-c3cccnc3)nc2s1. The van der Waals surface area contributed by atoms with E-state index in [2.05, 4.69) is 15.1 Å². The molecule has 23 heavy (non-hydrogen) atoms. The molecule has 0 spiro atoms. The van der Waals surface area contributed by atoms with Crippen molar-refractivity contribution in [2.75, 3.05) is 7.11 Å². The Bertz CT molecular complexity index is 918. The van der Waals surface area contributed by atoms with Crippen molar-refractivity contribution in [3.63, 3.8) is 0 Å². The average Bonchev–Trinajstić information content (AvgIpc) is 3.14. The first-order valence-electron chi connectivity index (χ1n) is 6.91. The number of methoxy groups -OCH3 is 1. The van der Waals surface area contributed by atoms with Crippen LogP contribution in [0.25, 0.3) is 16.2 Å². The third-order valence-electron chi connectivity index (χ3n) is 3.25. The quantitative estimate of drug-likeness (QED) is 0.573. The van der Waals surface area contributed by atoms with Crippen molar-refractivity contribution in [2.24, 2.45) is 0 Å². The maximum absolute atomic E-state index is 5.80. The summed E-state index contributed by atoms with van der Waals surface area (Å²) < 4.78 is 12.8. The van der Waals surface area contributed by atoms with Crippen LogP contribution in [0.15, 0.2) is 55.0 Å². The lowest BCUT2D eigenvalue weighted by atomic mass is 10.2. The van der Waals surface area contributed by atoms with Gasteiger partial charge in [-0.05, 0) is 35.6 Å². The predicted octanol–water partition coefficient (Wildman–Crippen LogP) is 3.65. The van der Waals surface area contributed by atoms with Gasteiger partial charge in [-0.15, -0.1) is 5.10 Å². The molecule has 1 aromatic carbocycles. The summed E-state index contributed by atoms with van der Waals surface area (Å²) in [7, 11) is 1.61. The number of benzene rings is 1. The van der Waals surface area contributed by atoms with Crippen LogP contribution < -0.4 is 9.47 Å². The first kappa shape index (κ1) is 13.7. The molecule has 0 aliphatic carbocycles. The molecule has 0 atom stereocenters. The Labute approximate surface area is 136 Å². The Hall–Kier alpha value is -2.93. The molecule has 0 saturated carbocycles. The molecule has 0 saturated heterocycles. The van der Waals surface area contributed by atoms with E-state index in [0.717, 1.165) is 16.2 Å². The van der Waals surface area contributed by atoms with Gasteiger partial charge in [-0.25, -0.2) is 9.50 Å². The number of rotatable bonds is 4. The van der Waals surface area contributed by atoms with E-state index in [9.17, 15) is 0 Å². The first-order chi connectivity index (χ1) is 11.3. The van der Waals surface area contributed by atoms with Gasteiger partial charge in [-0.2, -0.15) is 0 Å². The van der Waals surface area contributed by atoms with Gasteiger partial charge in [0.25, 0.3) is 5.19 Å². The average molecular weight is 324 g/mol. The standard InChI is InChI=1S/C16H12N4O2S/c1-21-13-6-2-3-7-14(13)22-16-19-20-10-12(18-15(20)23-16)11-5-4-8-17-9-11/h2-10H,1H3. The Morgan fingerprint density at radius 3 is 2.70 bits per heavy atom. The second kappa shape index (κ2) is 5.69. The smallest absolute Gasteiger partial charge is 0.300 e. The topological polar surface area (TPSA) is 61.5 Å². The number of aromatic nitrogens is 4. The minimum Gasteiger partial charge on any atom is -0.493 e. The number of imidazole rings is 1. The molecule has 7 heteroatoms. The van der Waals surface area contributed by atoms with Gasteiger partial charge in [0.05, 0.1) is 19.0 Å². The number of nitrogens with zero attached hydrogens (tertiary/aromatic N) is 4. The minimum absolute atomic E-state index is 0.509. The molecule has 0 fully saturated rings. The number of fused-ring (bicyclic) bond motifs is 1. The zero-order valence-electron chi connectivity index (χ0n) is 12.2. The minimum atomic E-state index is 0.509. The van der Waals surface area contributed by atoms with Crippen LogP contribution in [0.5, 0.6) is 16.7 Å². The predicted molar refractivity (Wildman–Crippen MR) is 87.2 cm³/mol. The lowest BCUT2D eigenvalue weighted by molar-refractivity contribution is 0.376. The summed E-state index contributed by atoms with van der Waals surface area (Å²) in [6.45, 7) is 0. The van der Waals surface area contributed by atoms with E-state index < -0.39 is 0 Å². The summed E-state index contributed by atoms with van der Waals surface area (Å²) in [5.74, 6) is 1.29. The normalized spacial score (nSPS) is 10.8. The van der Waals surface area contributed by atoms with Gasteiger partial charge < -0.3 is 9.47 Å². The molecule has 3 heterocycles. The van der Waals surface area contributed by atoms with Crippen molar-refractivity contribution in [1.82, 2.24) is 19.6 Å². The lowest BCUT2D eigenvalue weighted by Crippen LogP contribution is -1.90. The zero-order chi connectivity index (χ0) is 15.6. The summed E-state index contributed by atoms with van der Waals surface area (Å²) >= 11 is 1.37. The van der Waals surface area contributed by atoms with Crippen LogP contribution >= 0.6 is 11.3 Å². The zero-order valence-corrected chi connectivity index (χ0v) is 13.0. The largest absolute Gasteiger partial charge is 0.493 e. The summed E-state index contributed by atoms with van der Waals surface area (Å²) in [4.78, 5) is 9.42. The third-order valence-corrected chi connectivity index (χ3v) is 4.05. The van der Waals surface area contributed by atoms with Crippen molar-refractivity contribution >= 4 is 16.3 Å². The second-order valence-corrected chi connectivity index (χ2v) is 5.63. The monoisotopic (exact) mass is 324 g/mol. The fraction of sp³-hybridized carbons (Fsp3) is 0.0625. The van der Waals surface area contributed by atoms with Gasteiger partial charge in [0.1, 0.15) is 0 Å². The summed E-state index contributed by atoms with van der Waals surface area (Å²) in [5.41, 5.74) is 1.79. The molecule has 0 aliphatic heterocycles. The highest BCUT2D eigenvalue weighted by Gasteiger charge is 2.12. The van der Waals surface area contributed by atoms with Crippen LogP contribution in [0.1, 0.15) is 0 Å². The molecule has 3 aromatic heterocycles. The summed E-state index contributed by atoms with van der Waals surface area (Å²) in [6.07, 6.45) is 5.37. The van der Waals surface area contributed by atoms with Crippen LogP contribution in [0.4, 0.5) is 0 Å². The maximum Gasteiger partial charge on any atom is 0.300 e. The van der Waals surface area contributed by atoms with Crippen molar-refractivity contribution in [3.8, 4) is 28.0 Å². The lowest BCUT2D eigenvalue weighted by Gasteiger charge is -2.06. The van der Waals surface area contributed by atoms with E-state index in [-0.39, 0.29) is 0 Å². The molecule has 0 aliphatic rings. The number of hydrogen-bond donors (Lipinski definition) is 0. The van der Waals surface area contributed by atoms with Crippen LogP contribution in [-0.4, -0.2) is 26.7 Å². The van der Waals surface area contributed by atoms with Gasteiger partial charge in [0, 0.05) is 18.0 Å². The second-order valence-electron chi connectivity index (χ2n) is 4.72. The number of pyridine rings is 1. The van der Waals surface area contributed by atoms with Crippen molar-refractivity contribution in [2.45, 2.75) is 0 Å². The van der Waals surface area contributed by atoms with Gasteiger partial charge in [0.2, 0.25) is 4.96 Å². The highest BCUT2D eigenvalue weighted by Crippen LogP contribution is 2.33. The number of hydrogen-bond acceptors (Lipinski definition) is 6. The van der Waals surface area contributed by atoms with Gasteiger partial charge in [0.15, 0.2) is 11.5 Å². The first-order valence-corrected chi connectivity index (χ1v) is 7.72. The van der Waals surface area contributed by atoms with Crippen LogP contribution in [0.2, 0.25) is 0 Å². The Balaban J connectivity index is 1.64. The molecule has 114 valence electrons. The number of para-hydroxylation sites is 2. The maximum atomic E-state index is 5.80. The molecule has 0 bridgehead atoms. The van der Waals surface area contributed by atoms with E-state index in [1.54, 1.807) is 24.0 Å². The highest BCUT2D eigenvalue weighted by atomic mass is 32.1. The molecule has 0 N–H and O–H groups in total. The number of ether oxygens (including phenoxy) is 2. The van der Waals surface area contributed by atoms with Crippen molar-refractivity contribution in [1.29, 1.82) is 0 Å². The van der Waals surface area contributed by atoms with Crippen molar-refractivity contribution < 1.29 is 9.47 Å². The molecule has 0 unspecified atom stereocenters. The Morgan fingerprint density at radius 2 is 1.96 bits per heavy atom. The fourth-order valence-corrected chi connectivity index (χ4v) is 2.92. The van der Waals surface area contributed by atoms with E-state index in [1.165, 1.54) is 11.3 Å². The molecular formula is C16H12N4O2S.